The van der Waals surface area contributed by atoms with Gasteiger partial charge in [0.15, 0.2) is 0 Å². The number of likely N-dealkylation sites (N-methyl/N-ethyl adjacent to an activating group) is 1. The number of hydrogen-bond donors (Lipinski definition) is 1. The zero-order chi connectivity index (χ0) is 12.7. The Hall–Kier alpha value is -0.680. The number of nitrogens with one attached hydrogen (secondary N) is 1. The summed E-state index contributed by atoms with van der Waals surface area (Å²) in [5, 5.41) is 3.18. The SMILES string of the molecule is CC1[C@H](C)[N+]1(C)C(=S)NC(=O)OC(C)(C)C. The highest BCUT2D eigenvalue weighted by Crippen LogP contribution is 2.36. The lowest BCUT2D eigenvalue weighted by molar-refractivity contribution is -0.703. The Balaban J connectivity index is 2.51. The van der Waals surface area contributed by atoms with Crippen LogP contribution in [0.1, 0.15) is 34.6 Å². The zero-order valence-corrected chi connectivity index (χ0v) is 11.6. The highest BCUT2D eigenvalue weighted by atomic mass is 32.1. The van der Waals surface area contributed by atoms with E-state index in [0.29, 0.717) is 21.7 Å². The van der Waals surface area contributed by atoms with Gasteiger partial charge in [-0.05, 0) is 34.6 Å². The molecule has 1 rings (SSSR count). The topological polar surface area (TPSA) is 38.3 Å². The zero-order valence-electron chi connectivity index (χ0n) is 10.8. The molecule has 2 unspecified atom stereocenters. The summed E-state index contributed by atoms with van der Waals surface area (Å²) in [5.74, 6) is 0. The number of carbonyl (C=O) groups is 1. The molecule has 0 aromatic rings. The minimum atomic E-state index is -0.492. The van der Waals surface area contributed by atoms with Crippen LogP contribution in [0.2, 0.25) is 0 Å². The number of hydrogen-bond acceptors (Lipinski definition) is 3. The molecule has 1 N–H and O–H groups in total. The molecule has 5 heteroatoms. The highest BCUT2D eigenvalue weighted by molar-refractivity contribution is 7.80. The molecular formula is C11H21N2O2S+. The molecule has 1 amide bonds. The van der Waals surface area contributed by atoms with Crippen molar-refractivity contribution in [3.8, 4) is 0 Å². The van der Waals surface area contributed by atoms with Gasteiger partial charge < -0.3 is 4.74 Å². The van der Waals surface area contributed by atoms with Gasteiger partial charge >= 0.3 is 6.09 Å². The van der Waals surface area contributed by atoms with Gasteiger partial charge in [-0.1, -0.05) is 0 Å². The smallest absolute Gasteiger partial charge is 0.416 e. The number of rotatable bonds is 0. The number of thiocarbonyl (C=S) groups is 1. The van der Waals surface area contributed by atoms with Crippen molar-refractivity contribution in [1.29, 1.82) is 0 Å². The molecule has 1 aliphatic rings. The van der Waals surface area contributed by atoms with Crippen LogP contribution in [0.15, 0.2) is 0 Å². The van der Waals surface area contributed by atoms with E-state index in [1.165, 1.54) is 0 Å². The van der Waals surface area contributed by atoms with Crippen molar-refractivity contribution < 1.29 is 14.0 Å². The molecule has 3 atom stereocenters. The fourth-order valence-corrected chi connectivity index (χ4v) is 2.17. The summed E-state index contributed by atoms with van der Waals surface area (Å²) in [6, 6.07) is 0.921. The van der Waals surface area contributed by atoms with E-state index < -0.39 is 11.7 Å². The molecule has 1 fully saturated rings. The van der Waals surface area contributed by atoms with Gasteiger partial charge in [0, 0.05) is 12.2 Å². The van der Waals surface area contributed by atoms with Crippen LogP contribution < -0.4 is 5.32 Å². The second kappa shape index (κ2) is 3.96. The van der Waals surface area contributed by atoms with Gasteiger partial charge in [-0.3, -0.25) is 4.48 Å². The van der Waals surface area contributed by atoms with Crippen LogP contribution in [-0.2, 0) is 4.74 Å². The molecule has 0 aromatic carbocycles. The number of carbonyl (C=O) groups excluding carboxylic acids is 1. The number of quaternary nitrogens is 1. The summed E-state index contributed by atoms with van der Waals surface area (Å²) in [5.41, 5.74) is -0.492. The maximum atomic E-state index is 11.5. The van der Waals surface area contributed by atoms with Crippen molar-refractivity contribution in [3.63, 3.8) is 0 Å². The third kappa shape index (κ3) is 2.52. The molecular weight excluding hydrogens is 224 g/mol. The van der Waals surface area contributed by atoms with E-state index in [1.54, 1.807) is 0 Å². The predicted molar refractivity (Wildman–Crippen MR) is 67.1 cm³/mol. The second-order valence-electron chi connectivity index (χ2n) is 5.56. The van der Waals surface area contributed by atoms with Gasteiger partial charge in [0.1, 0.15) is 17.7 Å². The number of ether oxygens (including phenoxy) is 1. The molecule has 92 valence electrons. The summed E-state index contributed by atoms with van der Waals surface area (Å²) in [4.78, 5) is 11.5. The minimum absolute atomic E-state index is 0.461. The lowest BCUT2D eigenvalue weighted by Gasteiger charge is -2.21. The van der Waals surface area contributed by atoms with Crippen LogP contribution in [0, 0.1) is 0 Å². The van der Waals surface area contributed by atoms with Crippen LogP contribution in [0.4, 0.5) is 4.79 Å². The van der Waals surface area contributed by atoms with E-state index in [-0.39, 0.29) is 0 Å². The normalized spacial score (nSPS) is 33.1. The van der Waals surface area contributed by atoms with Crippen molar-refractivity contribution >= 4 is 23.4 Å². The standard InChI is InChI=1S/C11H20N2O2S/c1-7-8(2)13(7,6)9(16)12-10(14)15-11(3,4)5/h7-8H,1-6H3/p+1/t7-,8?,13?/m0/s1. The molecule has 0 bridgehead atoms. The predicted octanol–water partition coefficient (Wildman–Crippen LogP) is 2.03. The summed E-state index contributed by atoms with van der Waals surface area (Å²) in [6.45, 7) is 9.72. The summed E-state index contributed by atoms with van der Waals surface area (Å²) in [6.07, 6.45) is -0.469. The molecule has 1 heterocycles. The molecule has 1 saturated heterocycles. The first-order valence-electron chi connectivity index (χ1n) is 5.49. The number of alkyl carbamates (subject to hydrolysis) is 1. The maximum Gasteiger partial charge on any atom is 0.416 e. The monoisotopic (exact) mass is 245 g/mol. The highest BCUT2D eigenvalue weighted by Gasteiger charge is 2.61. The van der Waals surface area contributed by atoms with Crippen molar-refractivity contribution in [2.24, 2.45) is 0 Å². The number of nitrogens with zero attached hydrogens (tertiary/aromatic N) is 1. The Morgan fingerprint density at radius 3 is 2.06 bits per heavy atom. The Morgan fingerprint density at radius 2 is 1.75 bits per heavy atom. The van der Waals surface area contributed by atoms with Gasteiger partial charge in [-0.15, -0.1) is 0 Å². The van der Waals surface area contributed by atoms with E-state index >= 15 is 0 Å². The molecule has 0 radical (unpaired) electrons. The first kappa shape index (κ1) is 13.4. The summed E-state index contributed by atoms with van der Waals surface area (Å²) in [7, 11) is 2.02. The average Bonchev–Trinajstić information content (AvgIpc) is 2.54. The molecule has 4 nitrogen and oxygen atoms in total. The van der Waals surface area contributed by atoms with Crippen molar-refractivity contribution in [2.75, 3.05) is 7.05 Å². The van der Waals surface area contributed by atoms with Crippen LogP contribution in [-0.4, -0.2) is 40.4 Å². The van der Waals surface area contributed by atoms with Gasteiger partial charge in [0.05, 0.1) is 7.05 Å². The fourth-order valence-electron chi connectivity index (χ4n) is 1.75. The van der Waals surface area contributed by atoms with Crippen molar-refractivity contribution in [1.82, 2.24) is 5.32 Å². The lowest BCUT2D eigenvalue weighted by Crippen LogP contribution is -2.46. The van der Waals surface area contributed by atoms with E-state index in [2.05, 4.69) is 19.2 Å². The molecule has 0 aromatic heterocycles. The van der Waals surface area contributed by atoms with Crippen LogP contribution in [0.5, 0.6) is 0 Å². The third-order valence-corrected chi connectivity index (χ3v) is 3.84. The lowest BCUT2D eigenvalue weighted by atomic mass is 10.2. The molecule has 0 aliphatic carbocycles. The van der Waals surface area contributed by atoms with Crippen LogP contribution in [0.3, 0.4) is 0 Å². The first-order valence-corrected chi connectivity index (χ1v) is 5.90. The van der Waals surface area contributed by atoms with E-state index in [1.807, 2.05) is 27.8 Å². The van der Waals surface area contributed by atoms with Crippen LogP contribution >= 0.6 is 12.2 Å². The quantitative estimate of drug-likeness (QED) is 0.403. The Labute approximate surface area is 103 Å². The second-order valence-corrected chi connectivity index (χ2v) is 5.95. The Kier molecular flexibility index (Phi) is 3.32. The molecule has 1 aliphatic heterocycles. The van der Waals surface area contributed by atoms with E-state index in [0.717, 1.165) is 0 Å². The molecule has 0 spiro atoms. The van der Waals surface area contributed by atoms with E-state index in [9.17, 15) is 4.79 Å². The molecule has 0 saturated carbocycles. The van der Waals surface area contributed by atoms with Crippen molar-refractivity contribution in [3.05, 3.63) is 0 Å². The van der Waals surface area contributed by atoms with Gasteiger partial charge in [0.25, 0.3) is 5.11 Å². The third-order valence-electron chi connectivity index (χ3n) is 3.35. The largest absolute Gasteiger partial charge is 0.443 e. The minimum Gasteiger partial charge on any atom is -0.443 e. The Morgan fingerprint density at radius 1 is 1.31 bits per heavy atom. The van der Waals surface area contributed by atoms with Crippen molar-refractivity contribution in [2.45, 2.75) is 52.3 Å². The average molecular weight is 245 g/mol. The fraction of sp³-hybridized carbons (Fsp3) is 0.818. The maximum absolute atomic E-state index is 11.5. The van der Waals surface area contributed by atoms with Crippen LogP contribution in [0.25, 0.3) is 0 Å². The summed E-state index contributed by atoms with van der Waals surface area (Å²) >= 11 is 5.23. The van der Waals surface area contributed by atoms with Gasteiger partial charge in [-0.25, -0.2) is 10.1 Å². The van der Waals surface area contributed by atoms with Gasteiger partial charge in [0.2, 0.25) is 0 Å². The Bertz CT molecular complexity index is 314. The molecule has 16 heavy (non-hydrogen) atoms. The van der Waals surface area contributed by atoms with Gasteiger partial charge in [-0.2, -0.15) is 0 Å². The van der Waals surface area contributed by atoms with E-state index in [4.69, 9.17) is 17.0 Å². The summed E-state index contributed by atoms with van der Waals surface area (Å²) < 4.78 is 5.77. The number of amides is 1. The first-order chi connectivity index (χ1) is 7.09.